The lowest BCUT2D eigenvalue weighted by molar-refractivity contribution is -0.168. The van der Waals surface area contributed by atoms with Gasteiger partial charge in [0.05, 0.1) is 5.71 Å². The maximum Gasteiger partial charge on any atom is 0.304 e. The van der Waals surface area contributed by atoms with Gasteiger partial charge in [0.2, 0.25) is 0 Å². The van der Waals surface area contributed by atoms with E-state index >= 15 is 0 Å². The predicted molar refractivity (Wildman–Crippen MR) is 104 cm³/mol. The summed E-state index contributed by atoms with van der Waals surface area (Å²) in [5.74, 6) is 4.77. The molecule has 2 saturated carbocycles. The van der Waals surface area contributed by atoms with Crippen LogP contribution in [-0.2, 0) is 9.53 Å². The number of hydrogen-bond acceptors (Lipinski definition) is 4. The fourth-order valence-electron chi connectivity index (χ4n) is 6.94. The highest BCUT2D eigenvalue weighted by atomic mass is 16.6. The highest BCUT2D eigenvalue weighted by molar-refractivity contribution is 5.96. The third kappa shape index (κ3) is 2.51. The Bertz CT molecular complexity index is 773. The van der Waals surface area contributed by atoms with Crippen molar-refractivity contribution in [1.82, 2.24) is 0 Å². The van der Waals surface area contributed by atoms with Crippen molar-refractivity contribution >= 4 is 11.7 Å². The van der Waals surface area contributed by atoms with Crippen molar-refractivity contribution in [3.8, 4) is 12.3 Å². The van der Waals surface area contributed by atoms with Gasteiger partial charge in [-0.25, -0.2) is 0 Å². The summed E-state index contributed by atoms with van der Waals surface area (Å²) in [5, 5.41) is 12.5. The lowest BCUT2D eigenvalue weighted by Crippen LogP contribution is -2.54. The second kappa shape index (κ2) is 6.55. The normalized spacial score (nSPS) is 43.9. The van der Waals surface area contributed by atoms with Crippen molar-refractivity contribution in [2.24, 2.45) is 34.2 Å². The molecule has 0 aromatic carbocycles. The van der Waals surface area contributed by atoms with Gasteiger partial charge in [0, 0.05) is 12.3 Å². The summed E-state index contributed by atoms with van der Waals surface area (Å²) in [6.07, 6.45) is 19.4. The van der Waals surface area contributed by atoms with Gasteiger partial charge < -0.3 is 9.94 Å². The van der Waals surface area contributed by atoms with Crippen molar-refractivity contribution in [3.05, 3.63) is 23.8 Å². The number of allylic oxidation sites excluding steroid dienone is 4. The largest absolute Gasteiger partial charge is 0.445 e. The van der Waals surface area contributed by atoms with Crippen molar-refractivity contribution in [1.29, 1.82) is 0 Å². The Labute approximate surface area is 161 Å². The number of nitrogens with zero attached hydrogens (tertiary/aromatic N) is 1. The van der Waals surface area contributed by atoms with Crippen LogP contribution in [0.1, 0.15) is 58.8 Å². The van der Waals surface area contributed by atoms with Gasteiger partial charge >= 0.3 is 5.97 Å². The van der Waals surface area contributed by atoms with E-state index in [2.05, 4.69) is 36.2 Å². The zero-order valence-corrected chi connectivity index (χ0v) is 16.3. The molecule has 0 bridgehead atoms. The number of terminal acetylenes is 1. The Hall–Kier alpha value is -2.02. The van der Waals surface area contributed by atoms with E-state index in [-0.39, 0.29) is 11.4 Å². The molecule has 0 radical (unpaired) electrons. The van der Waals surface area contributed by atoms with E-state index in [1.165, 1.54) is 12.5 Å². The highest BCUT2D eigenvalue weighted by Gasteiger charge is 2.65. The van der Waals surface area contributed by atoms with Crippen molar-refractivity contribution < 1.29 is 14.7 Å². The number of oxime groups is 1. The Morgan fingerprint density at radius 1 is 1.41 bits per heavy atom. The summed E-state index contributed by atoms with van der Waals surface area (Å²) >= 11 is 0. The molecule has 0 spiro atoms. The number of fused-ring (bicyclic) bond motifs is 5. The first-order valence-corrected chi connectivity index (χ1v) is 10.3. The van der Waals surface area contributed by atoms with Gasteiger partial charge in [0.15, 0.2) is 5.60 Å². The quantitative estimate of drug-likeness (QED) is 0.339. The highest BCUT2D eigenvalue weighted by Crippen LogP contribution is 2.66. The van der Waals surface area contributed by atoms with E-state index in [0.29, 0.717) is 23.7 Å². The van der Waals surface area contributed by atoms with Gasteiger partial charge in [-0.2, -0.15) is 0 Å². The van der Waals surface area contributed by atoms with Crippen LogP contribution in [0.2, 0.25) is 0 Å². The van der Waals surface area contributed by atoms with Crippen LogP contribution < -0.4 is 0 Å². The topological polar surface area (TPSA) is 58.9 Å². The molecular formula is C23H29NO3. The van der Waals surface area contributed by atoms with Crippen LogP contribution in [-0.4, -0.2) is 22.5 Å². The van der Waals surface area contributed by atoms with Gasteiger partial charge in [-0.1, -0.05) is 30.2 Å². The van der Waals surface area contributed by atoms with E-state index in [9.17, 15) is 4.79 Å². The molecule has 2 fully saturated rings. The molecule has 6 atom stereocenters. The van der Waals surface area contributed by atoms with Crippen LogP contribution in [0.25, 0.3) is 0 Å². The van der Waals surface area contributed by atoms with Crippen LogP contribution >= 0.6 is 0 Å². The van der Waals surface area contributed by atoms with E-state index in [1.54, 1.807) is 0 Å². The molecule has 0 heterocycles. The molecule has 4 rings (SSSR count). The van der Waals surface area contributed by atoms with Gasteiger partial charge in [0.1, 0.15) is 0 Å². The number of hydrogen-bond donors (Lipinski definition) is 1. The van der Waals surface area contributed by atoms with Crippen molar-refractivity contribution in [2.45, 2.75) is 64.4 Å². The minimum Gasteiger partial charge on any atom is -0.445 e. The monoisotopic (exact) mass is 367 g/mol. The summed E-state index contributed by atoms with van der Waals surface area (Å²) in [6.45, 7) is 3.68. The van der Waals surface area contributed by atoms with Crippen molar-refractivity contribution in [2.75, 3.05) is 0 Å². The molecule has 4 aliphatic carbocycles. The second-order valence-electron chi connectivity index (χ2n) is 8.74. The van der Waals surface area contributed by atoms with E-state index in [1.807, 2.05) is 0 Å². The maximum absolute atomic E-state index is 11.9. The second-order valence-corrected chi connectivity index (χ2v) is 8.74. The van der Waals surface area contributed by atoms with Crippen LogP contribution in [0.3, 0.4) is 0 Å². The predicted octanol–water partition coefficient (Wildman–Crippen LogP) is 4.49. The minimum atomic E-state index is -0.754. The van der Waals surface area contributed by atoms with Gasteiger partial charge in [-0.15, -0.1) is 6.42 Å². The zero-order chi connectivity index (χ0) is 19.2. The number of carbonyl (C=O) groups is 1. The van der Waals surface area contributed by atoms with Crippen LogP contribution in [0, 0.1) is 41.4 Å². The third-order valence-electron chi connectivity index (χ3n) is 8.02. The summed E-state index contributed by atoms with van der Waals surface area (Å²) in [5.41, 5.74) is 1.22. The van der Waals surface area contributed by atoms with Crippen LogP contribution in [0.5, 0.6) is 0 Å². The zero-order valence-electron chi connectivity index (χ0n) is 16.3. The van der Waals surface area contributed by atoms with Crippen LogP contribution in [0.4, 0.5) is 0 Å². The first-order chi connectivity index (χ1) is 13.0. The minimum absolute atomic E-state index is 0.119. The summed E-state index contributed by atoms with van der Waals surface area (Å²) in [7, 11) is 0. The van der Waals surface area contributed by atoms with Crippen LogP contribution in [0.15, 0.2) is 29.0 Å². The van der Waals surface area contributed by atoms with Gasteiger partial charge in [0.25, 0.3) is 0 Å². The molecule has 1 N–H and O–H groups in total. The number of rotatable bonds is 2. The lowest BCUT2D eigenvalue weighted by Gasteiger charge is -2.54. The first-order valence-electron chi connectivity index (χ1n) is 10.3. The molecule has 27 heavy (non-hydrogen) atoms. The summed E-state index contributed by atoms with van der Waals surface area (Å²) in [4.78, 5) is 11.9. The fraction of sp³-hybridized carbons (Fsp3) is 0.652. The Kier molecular flexibility index (Phi) is 4.45. The average molecular weight is 367 g/mol. The molecule has 4 nitrogen and oxygen atoms in total. The molecule has 0 aliphatic heterocycles. The molecule has 0 aromatic rings. The standard InChI is InChI=1S/C23H29NO3/c1-4-22-12-10-19-18-9-7-17(24-26)14-16(18)6-8-20(19)21(22)11-13-23(22,5-2)27-15(3)25/h2,6,8,14,18-21,26H,4,7,9-13H2,1,3H3/b24-17+/t18-,19+,20+,21-,22-,23-/m0/s1. The summed E-state index contributed by atoms with van der Waals surface area (Å²) in [6, 6.07) is 0. The van der Waals surface area contributed by atoms with Gasteiger partial charge in [-0.3, -0.25) is 4.79 Å². The summed E-state index contributed by atoms with van der Waals surface area (Å²) < 4.78 is 5.87. The average Bonchev–Trinajstić information content (AvgIpc) is 3.01. The SMILES string of the molecule is C#C[C@]1(OC(C)=O)CC[C@H]2[C@@H]3C=CC4=C/C(=N/O)CC[C@@H]4[C@H]3CC[C@@]21CC. The van der Waals surface area contributed by atoms with Gasteiger partial charge in [-0.05, 0) is 80.3 Å². The fourth-order valence-corrected chi connectivity index (χ4v) is 6.94. The van der Waals surface area contributed by atoms with E-state index in [0.717, 1.165) is 50.7 Å². The molecule has 0 unspecified atom stereocenters. The number of esters is 1. The molecule has 4 heteroatoms. The molecule has 144 valence electrons. The van der Waals surface area contributed by atoms with Crippen molar-refractivity contribution in [3.63, 3.8) is 0 Å². The smallest absolute Gasteiger partial charge is 0.304 e. The molecule has 4 aliphatic rings. The number of carbonyl (C=O) groups excluding carboxylic acids is 1. The lowest BCUT2D eigenvalue weighted by atomic mass is 9.51. The first kappa shape index (κ1) is 18.3. The number of ether oxygens (including phenoxy) is 1. The third-order valence-corrected chi connectivity index (χ3v) is 8.02. The Morgan fingerprint density at radius 2 is 2.22 bits per heavy atom. The Morgan fingerprint density at radius 3 is 2.89 bits per heavy atom. The maximum atomic E-state index is 11.9. The van der Waals surface area contributed by atoms with E-state index < -0.39 is 5.60 Å². The molecule has 0 aromatic heterocycles. The molecule has 0 saturated heterocycles. The Balaban J connectivity index is 1.71. The molecule has 0 amide bonds. The van der Waals surface area contributed by atoms with E-state index in [4.69, 9.17) is 16.4 Å². The molecular weight excluding hydrogens is 338 g/mol.